The van der Waals surface area contributed by atoms with Crippen molar-refractivity contribution in [1.29, 1.82) is 0 Å². The van der Waals surface area contributed by atoms with Crippen LogP contribution in [0.15, 0.2) is 61.2 Å². The molecule has 0 saturated carbocycles. The van der Waals surface area contributed by atoms with Gasteiger partial charge in [0.05, 0.1) is 11.3 Å². The Morgan fingerprint density at radius 3 is 2.31 bits per heavy atom. The van der Waals surface area contributed by atoms with Gasteiger partial charge < -0.3 is 9.80 Å². The maximum absolute atomic E-state index is 12.5. The number of pyridine rings is 2. The van der Waals surface area contributed by atoms with Crippen molar-refractivity contribution in [3.8, 4) is 11.3 Å². The van der Waals surface area contributed by atoms with Crippen LogP contribution in [0.25, 0.3) is 11.3 Å². The van der Waals surface area contributed by atoms with Crippen LogP contribution in [0.5, 0.6) is 0 Å². The SMILES string of the molecule is O=C(c1cccnc1)N1CCN(c2ccc(-c3ccncc3)nn2)CC1. The van der Waals surface area contributed by atoms with Crippen LogP contribution >= 0.6 is 0 Å². The van der Waals surface area contributed by atoms with E-state index in [9.17, 15) is 4.79 Å². The molecular weight excluding hydrogens is 328 g/mol. The first-order valence-electron chi connectivity index (χ1n) is 8.49. The van der Waals surface area contributed by atoms with Crippen LogP contribution < -0.4 is 4.90 Å². The van der Waals surface area contributed by atoms with E-state index in [1.54, 1.807) is 36.9 Å². The van der Waals surface area contributed by atoms with Crippen LogP contribution in [0.1, 0.15) is 10.4 Å². The molecule has 0 N–H and O–H groups in total. The van der Waals surface area contributed by atoms with Crippen molar-refractivity contribution in [2.45, 2.75) is 0 Å². The van der Waals surface area contributed by atoms with Gasteiger partial charge in [-0.05, 0) is 36.4 Å². The van der Waals surface area contributed by atoms with E-state index in [1.807, 2.05) is 29.2 Å². The monoisotopic (exact) mass is 346 g/mol. The molecular formula is C19H18N6O. The lowest BCUT2D eigenvalue weighted by Gasteiger charge is -2.35. The summed E-state index contributed by atoms with van der Waals surface area (Å²) >= 11 is 0. The summed E-state index contributed by atoms with van der Waals surface area (Å²) in [5.74, 6) is 0.855. The molecule has 7 nitrogen and oxygen atoms in total. The van der Waals surface area contributed by atoms with Crippen molar-refractivity contribution in [1.82, 2.24) is 25.1 Å². The number of amides is 1. The average molecular weight is 346 g/mol. The highest BCUT2D eigenvalue weighted by Crippen LogP contribution is 2.19. The molecule has 0 bridgehead atoms. The zero-order valence-electron chi connectivity index (χ0n) is 14.2. The van der Waals surface area contributed by atoms with Crippen LogP contribution in [0.2, 0.25) is 0 Å². The number of piperazine rings is 1. The molecule has 1 saturated heterocycles. The van der Waals surface area contributed by atoms with Crippen molar-refractivity contribution >= 4 is 11.7 Å². The highest BCUT2D eigenvalue weighted by molar-refractivity contribution is 5.94. The fraction of sp³-hybridized carbons (Fsp3) is 0.211. The number of anilines is 1. The lowest BCUT2D eigenvalue weighted by atomic mass is 10.2. The second kappa shape index (κ2) is 7.26. The van der Waals surface area contributed by atoms with Gasteiger partial charge in [0.2, 0.25) is 0 Å². The van der Waals surface area contributed by atoms with Gasteiger partial charge in [0.15, 0.2) is 5.82 Å². The minimum absolute atomic E-state index is 0.0249. The predicted octanol–water partition coefficient (Wildman–Crippen LogP) is 1.90. The molecule has 1 fully saturated rings. The molecule has 1 aliphatic heterocycles. The molecule has 0 spiro atoms. The third-order valence-electron chi connectivity index (χ3n) is 4.43. The lowest BCUT2D eigenvalue weighted by molar-refractivity contribution is 0.0746. The van der Waals surface area contributed by atoms with Gasteiger partial charge in [-0.1, -0.05) is 0 Å². The number of carbonyl (C=O) groups excluding carboxylic acids is 1. The van der Waals surface area contributed by atoms with Crippen molar-refractivity contribution in [2.24, 2.45) is 0 Å². The van der Waals surface area contributed by atoms with E-state index in [0.717, 1.165) is 30.2 Å². The molecule has 0 atom stereocenters. The van der Waals surface area contributed by atoms with E-state index in [4.69, 9.17) is 0 Å². The molecule has 1 aliphatic rings. The molecule has 0 unspecified atom stereocenters. The van der Waals surface area contributed by atoms with Crippen molar-refractivity contribution < 1.29 is 4.79 Å². The van der Waals surface area contributed by atoms with Crippen LogP contribution in [0, 0.1) is 0 Å². The molecule has 0 aromatic carbocycles. The predicted molar refractivity (Wildman–Crippen MR) is 97.6 cm³/mol. The lowest BCUT2D eigenvalue weighted by Crippen LogP contribution is -2.49. The Bertz CT molecular complexity index is 862. The van der Waals surface area contributed by atoms with Gasteiger partial charge in [0.25, 0.3) is 5.91 Å². The topological polar surface area (TPSA) is 75.1 Å². The number of nitrogens with zero attached hydrogens (tertiary/aromatic N) is 6. The minimum Gasteiger partial charge on any atom is -0.352 e. The Morgan fingerprint density at radius 2 is 1.65 bits per heavy atom. The van der Waals surface area contributed by atoms with E-state index in [0.29, 0.717) is 18.7 Å². The summed E-state index contributed by atoms with van der Waals surface area (Å²) in [5.41, 5.74) is 2.44. The Kier molecular flexibility index (Phi) is 4.51. The highest BCUT2D eigenvalue weighted by atomic mass is 16.2. The van der Waals surface area contributed by atoms with E-state index in [1.165, 1.54) is 0 Å². The Balaban J connectivity index is 1.40. The molecule has 3 aromatic rings. The van der Waals surface area contributed by atoms with Crippen LogP contribution in [0.3, 0.4) is 0 Å². The molecule has 0 radical (unpaired) electrons. The van der Waals surface area contributed by atoms with Crippen molar-refractivity contribution in [3.63, 3.8) is 0 Å². The maximum atomic E-state index is 12.5. The van der Waals surface area contributed by atoms with Crippen LogP contribution in [-0.2, 0) is 0 Å². The number of hydrogen-bond donors (Lipinski definition) is 0. The van der Waals surface area contributed by atoms with Crippen molar-refractivity contribution in [3.05, 3.63) is 66.7 Å². The van der Waals surface area contributed by atoms with Gasteiger partial charge in [-0.15, -0.1) is 10.2 Å². The second-order valence-electron chi connectivity index (χ2n) is 6.03. The van der Waals surface area contributed by atoms with Crippen LogP contribution in [-0.4, -0.2) is 57.2 Å². The zero-order valence-corrected chi connectivity index (χ0v) is 14.2. The third kappa shape index (κ3) is 3.37. The smallest absolute Gasteiger partial charge is 0.255 e. The van der Waals surface area contributed by atoms with Gasteiger partial charge in [-0.25, -0.2) is 0 Å². The molecule has 26 heavy (non-hydrogen) atoms. The van der Waals surface area contributed by atoms with E-state index < -0.39 is 0 Å². The van der Waals surface area contributed by atoms with Gasteiger partial charge in [0.1, 0.15) is 0 Å². The minimum atomic E-state index is 0.0249. The Labute approximate surface area is 151 Å². The first-order valence-corrected chi connectivity index (χ1v) is 8.49. The normalized spacial score (nSPS) is 14.3. The summed E-state index contributed by atoms with van der Waals surface area (Å²) in [7, 11) is 0. The maximum Gasteiger partial charge on any atom is 0.255 e. The standard InChI is InChI=1S/C19H18N6O/c26-19(16-2-1-7-21-14-16)25-12-10-24(11-13-25)18-4-3-17(22-23-18)15-5-8-20-9-6-15/h1-9,14H,10-13H2. The van der Waals surface area contributed by atoms with E-state index in [2.05, 4.69) is 25.1 Å². The Hall–Kier alpha value is -3.35. The van der Waals surface area contributed by atoms with Gasteiger partial charge in [0, 0.05) is 56.5 Å². The first kappa shape index (κ1) is 16.1. The zero-order chi connectivity index (χ0) is 17.8. The summed E-state index contributed by atoms with van der Waals surface area (Å²) in [6, 6.07) is 11.3. The summed E-state index contributed by atoms with van der Waals surface area (Å²) < 4.78 is 0. The number of rotatable bonds is 3. The number of hydrogen-bond acceptors (Lipinski definition) is 6. The van der Waals surface area contributed by atoms with Gasteiger partial charge in [-0.3, -0.25) is 14.8 Å². The summed E-state index contributed by atoms with van der Waals surface area (Å²) in [5, 5.41) is 8.67. The number of carbonyl (C=O) groups is 1. The largest absolute Gasteiger partial charge is 0.352 e. The van der Waals surface area contributed by atoms with Crippen LogP contribution in [0.4, 0.5) is 5.82 Å². The third-order valence-corrected chi connectivity index (χ3v) is 4.43. The molecule has 130 valence electrons. The summed E-state index contributed by atoms with van der Waals surface area (Å²) in [6.07, 6.45) is 6.76. The van der Waals surface area contributed by atoms with E-state index in [-0.39, 0.29) is 5.91 Å². The molecule has 4 rings (SSSR count). The first-order chi connectivity index (χ1) is 12.8. The van der Waals surface area contributed by atoms with Crippen molar-refractivity contribution in [2.75, 3.05) is 31.1 Å². The fourth-order valence-corrected chi connectivity index (χ4v) is 2.98. The second-order valence-corrected chi connectivity index (χ2v) is 6.03. The summed E-state index contributed by atoms with van der Waals surface area (Å²) in [6.45, 7) is 2.77. The van der Waals surface area contributed by atoms with Gasteiger partial charge >= 0.3 is 0 Å². The highest BCUT2D eigenvalue weighted by Gasteiger charge is 2.23. The average Bonchev–Trinajstić information content (AvgIpc) is 2.75. The van der Waals surface area contributed by atoms with Gasteiger partial charge in [-0.2, -0.15) is 0 Å². The summed E-state index contributed by atoms with van der Waals surface area (Å²) in [4.78, 5) is 24.5. The number of aromatic nitrogens is 4. The molecule has 1 amide bonds. The Morgan fingerprint density at radius 1 is 0.846 bits per heavy atom. The molecule has 3 aromatic heterocycles. The molecule has 7 heteroatoms. The molecule has 0 aliphatic carbocycles. The fourth-order valence-electron chi connectivity index (χ4n) is 2.98. The quantitative estimate of drug-likeness (QED) is 0.721. The van der Waals surface area contributed by atoms with E-state index >= 15 is 0 Å². The molecule has 4 heterocycles.